The number of hydrogen-bond acceptors (Lipinski definition) is 6. The Labute approximate surface area is 161 Å². The van der Waals surface area contributed by atoms with Crippen molar-refractivity contribution in [3.63, 3.8) is 0 Å². The normalized spacial score (nSPS) is 16.4. The van der Waals surface area contributed by atoms with Gasteiger partial charge < -0.3 is 15.2 Å². The summed E-state index contributed by atoms with van der Waals surface area (Å²) in [6.45, 7) is 1.70. The molecular formula is C18H20ClN7O. The molecule has 4 rings (SSSR count). The van der Waals surface area contributed by atoms with Crippen LogP contribution in [0.15, 0.2) is 43.0 Å². The van der Waals surface area contributed by atoms with E-state index in [1.807, 2.05) is 30.5 Å². The Morgan fingerprint density at radius 2 is 2.07 bits per heavy atom. The number of amides is 1. The van der Waals surface area contributed by atoms with Crippen molar-refractivity contribution >= 4 is 34.5 Å². The van der Waals surface area contributed by atoms with Gasteiger partial charge in [0, 0.05) is 25.5 Å². The molecule has 3 aromatic rings. The van der Waals surface area contributed by atoms with Crippen molar-refractivity contribution < 1.29 is 4.79 Å². The van der Waals surface area contributed by atoms with Gasteiger partial charge in [-0.3, -0.25) is 9.78 Å². The molecule has 0 unspecified atom stereocenters. The maximum Gasteiger partial charge on any atom is 0.241 e. The number of halogens is 1. The number of fused-ring (bicyclic) bond motifs is 1. The summed E-state index contributed by atoms with van der Waals surface area (Å²) in [7, 11) is 0. The van der Waals surface area contributed by atoms with Crippen molar-refractivity contribution in [3.8, 4) is 0 Å². The Bertz CT molecular complexity index is 922. The van der Waals surface area contributed by atoms with Crippen molar-refractivity contribution in [1.29, 1.82) is 0 Å². The Morgan fingerprint density at radius 1 is 1.22 bits per heavy atom. The number of aromatic amines is 1. The van der Waals surface area contributed by atoms with Crippen LogP contribution in [0.1, 0.15) is 18.5 Å². The van der Waals surface area contributed by atoms with Crippen molar-refractivity contribution in [2.24, 2.45) is 0 Å². The second-order valence-corrected chi connectivity index (χ2v) is 6.79. The third kappa shape index (κ3) is 3.45. The summed E-state index contributed by atoms with van der Waals surface area (Å²) in [6.07, 6.45) is 6.25. The molecule has 0 atom stereocenters. The van der Waals surface area contributed by atoms with Gasteiger partial charge in [-0.2, -0.15) is 0 Å². The molecule has 3 aromatic heterocycles. The molecule has 140 valence electrons. The van der Waals surface area contributed by atoms with Crippen LogP contribution in [0.3, 0.4) is 0 Å². The van der Waals surface area contributed by atoms with Crippen LogP contribution in [0.4, 0.5) is 5.82 Å². The standard InChI is InChI=1S/C18H20ClN7O/c19-25-18(17(27)22-11-13-3-1-2-7-20-13)5-9-26(10-6-18)16-14-4-8-21-15(14)23-12-24-16/h1-4,7-8,12,25H,5-6,9-11H2,(H,22,27)(H,21,23,24). The first kappa shape index (κ1) is 17.7. The second kappa shape index (κ2) is 7.50. The van der Waals surface area contributed by atoms with Crippen LogP contribution < -0.4 is 15.1 Å². The van der Waals surface area contributed by atoms with Gasteiger partial charge in [-0.15, -0.1) is 0 Å². The highest BCUT2D eigenvalue weighted by Gasteiger charge is 2.41. The fourth-order valence-corrected chi connectivity index (χ4v) is 3.69. The van der Waals surface area contributed by atoms with Gasteiger partial charge in [-0.1, -0.05) is 6.07 Å². The maximum atomic E-state index is 12.8. The minimum Gasteiger partial charge on any atom is -0.356 e. The van der Waals surface area contributed by atoms with Gasteiger partial charge in [0.25, 0.3) is 0 Å². The summed E-state index contributed by atoms with van der Waals surface area (Å²) in [5.41, 5.74) is 0.807. The molecule has 3 N–H and O–H groups in total. The number of nitrogens with zero attached hydrogens (tertiary/aromatic N) is 4. The smallest absolute Gasteiger partial charge is 0.241 e. The van der Waals surface area contributed by atoms with Crippen LogP contribution in [0, 0.1) is 0 Å². The van der Waals surface area contributed by atoms with Crippen molar-refractivity contribution in [3.05, 3.63) is 48.7 Å². The molecular weight excluding hydrogens is 366 g/mol. The number of nitrogens with one attached hydrogen (secondary N) is 3. The van der Waals surface area contributed by atoms with Crippen LogP contribution in [-0.2, 0) is 11.3 Å². The second-order valence-electron chi connectivity index (χ2n) is 6.60. The molecule has 0 radical (unpaired) electrons. The molecule has 0 aliphatic carbocycles. The summed E-state index contributed by atoms with van der Waals surface area (Å²) >= 11 is 6.01. The van der Waals surface area contributed by atoms with Gasteiger partial charge in [0.2, 0.25) is 5.91 Å². The van der Waals surface area contributed by atoms with E-state index in [4.69, 9.17) is 11.8 Å². The van der Waals surface area contributed by atoms with Gasteiger partial charge in [0.1, 0.15) is 23.3 Å². The van der Waals surface area contributed by atoms with Crippen LogP contribution in [0.5, 0.6) is 0 Å². The maximum absolute atomic E-state index is 12.8. The van der Waals surface area contributed by atoms with Crippen LogP contribution >= 0.6 is 11.8 Å². The van der Waals surface area contributed by atoms with Crippen molar-refractivity contribution in [2.45, 2.75) is 24.9 Å². The lowest BCUT2D eigenvalue weighted by Crippen LogP contribution is -2.59. The minimum absolute atomic E-state index is 0.114. The number of carbonyl (C=O) groups is 1. The van der Waals surface area contributed by atoms with Crippen LogP contribution in [0.2, 0.25) is 0 Å². The van der Waals surface area contributed by atoms with E-state index < -0.39 is 5.54 Å². The Balaban J connectivity index is 1.44. The first-order chi connectivity index (χ1) is 13.2. The largest absolute Gasteiger partial charge is 0.356 e. The molecule has 1 amide bonds. The monoisotopic (exact) mass is 385 g/mol. The van der Waals surface area contributed by atoms with E-state index in [1.165, 1.54) is 0 Å². The number of pyridine rings is 1. The molecule has 1 aliphatic heterocycles. The number of piperidine rings is 1. The van der Waals surface area contributed by atoms with Crippen molar-refractivity contribution in [2.75, 3.05) is 18.0 Å². The Morgan fingerprint density at radius 3 is 2.81 bits per heavy atom. The lowest BCUT2D eigenvalue weighted by molar-refractivity contribution is -0.128. The highest BCUT2D eigenvalue weighted by Crippen LogP contribution is 2.29. The summed E-state index contributed by atoms with van der Waals surface area (Å²) in [6, 6.07) is 7.58. The van der Waals surface area contributed by atoms with E-state index >= 15 is 0 Å². The lowest BCUT2D eigenvalue weighted by atomic mass is 9.87. The molecule has 0 spiro atoms. The summed E-state index contributed by atoms with van der Waals surface area (Å²) in [5, 5.41) is 3.92. The lowest BCUT2D eigenvalue weighted by Gasteiger charge is -2.40. The molecule has 8 nitrogen and oxygen atoms in total. The zero-order valence-electron chi connectivity index (χ0n) is 14.7. The fraction of sp³-hybridized carbons (Fsp3) is 0.333. The number of H-pyrrole nitrogens is 1. The van der Waals surface area contributed by atoms with Gasteiger partial charge in [-0.05, 0) is 42.8 Å². The third-order valence-corrected chi connectivity index (χ3v) is 5.38. The van der Waals surface area contributed by atoms with E-state index in [-0.39, 0.29) is 5.91 Å². The number of aromatic nitrogens is 4. The van der Waals surface area contributed by atoms with E-state index in [0.717, 1.165) is 22.5 Å². The topological polar surface area (TPSA) is 98.8 Å². The zero-order chi connectivity index (χ0) is 18.7. The molecule has 4 heterocycles. The molecule has 27 heavy (non-hydrogen) atoms. The predicted molar refractivity (Wildman–Crippen MR) is 103 cm³/mol. The average molecular weight is 386 g/mol. The molecule has 9 heteroatoms. The first-order valence-electron chi connectivity index (χ1n) is 8.81. The third-order valence-electron chi connectivity index (χ3n) is 5.02. The predicted octanol–water partition coefficient (Wildman–Crippen LogP) is 1.75. The fourth-order valence-electron chi connectivity index (χ4n) is 3.42. The summed E-state index contributed by atoms with van der Waals surface area (Å²) in [4.78, 5) is 33.7. The molecule has 0 aromatic carbocycles. The molecule has 0 saturated carbocycles. The summed E-state index contributed by atoms with van der Waals surface area (Å²) in [5.74, 6) is 0.760. The zero-order valence-corrected chi connectivity index (χ0v) is 15.4. The number of carbonyl (C=O) groups excluding carboxylic acids is 1. The van der Waals surface area contributed by atoms with E-state index in [0.29, 0.717) is 32.5 Å². The molecule has 1 fully saturated rings. The van der Waals surface area contributed by atoms with Gasteiger partial charge in [0.15, 0.2) is 0 Å². The van der Waals surface area contributed by atoms with E-state index in [1.54, 1.807) is 12.5 Å². The van der Waals surface area contributed by atoms with Crippen LogP contribution in [-0.4, -0.2) is 44.5 Å². The van der Waals surface area contributed by atoms with E-state index in [9.17, 15) is 4.79 Å². The van der Waals surface area contributed by atoms with Crippen LogP contribution in [0.25, 0.3) is 11.0 Å². The van der Waals surface area contributed by atoms with Crippen molar-refractivity contribution in [1.82, 2.24) is 30.1 Å². The van der Waals surface area contributed by atoms with Gasteiger partial charge in [0.05, 0.1) is 17.6 Å². The Hall–Kier alpha value is -2.71. The highest BCUT2D eigenvalue weighted by molar-refractivity contribution is 6.16. The Kier molecular flexibility index (Phi) is 4.91. The van der Waals surface area contributed by atoms with Gasteiger partial charge in [-0.25, -0.2) is 14.8 Å². The average Bonchev–Trinajstić information content (AvgIpc) is 3.22. The number of rotatable bonds is 5. The number of hydrogen-bond donors (Lipinski definition) is 3. The summed E-state index contributed by atoms with van der Waals surface area (Å²) < 4.78 is 0. The molecule has 0 bridgehead atoms. The first-order valence-corrected chi connectivity index (χ1v) is 9.19. The minimum atomic E-state index is -0.808. The van der Waals surface area contributed by atoms with E-state index in [2.05, 4.69) is 35.0 Å². The molecule has 1 saturated heterocycles. The van der Waals surface area contributed by atoms with Gasteiger partial charge >= 0.3 is 0 Å². The SMILES string of the molecule is O=C(NCc1ccccn1)C1(NCl)CCN(c2ncnc3[nH]ccc23)CC1. The highest BCUT2D eigenvalue weighted by atomic mass is 35.5. The quantitative estimate of drug-likeness (QED) is 0.579. The molecule has 1 aliphatic rings. The number of anilines is 1.